The van der Waals surface area contributed by atoms with E-state index in [1.54, 1.807) is 7.11 Å². The van der Waals surface area contributed by atoms with Gasteiger partial charge in [-0.3, -0.25) is 4.79 Å². The molecule has 27 heavy (non-hydrogen) atoms. The average Bonchev–Trinajstić information content (AvgIpc) is 3.12. The predicted octanol–water partition coefficient (Wildman–Crippen LogP) is 3.74. The molecule has 0 unspecified atom stereocenters. The summed E-state index contributed by atoms with van der Waals surface area (Å²) in [5.41, 5.74) is 3.09. The molecule has 0 aromatic heterocycles. The second kappa shape index (κ2) is 9.37. The molecule has 6 heteroatoms. The summed E-state index contributed by atoms with van der Waals surface area (Å²) in [6, 6.07) is 15.9. The van der Waals surface area contributed by atoms with Gasteiger partial charge in [-0.2, -0.15) is 0 Å². The highest BCUT2D eigenvalue weighted by Crippen LogP contribution is 2.24. The summed E-state index contributed by atoms with van der Waals surface area (Å²) in [6.07, 6.45) is 3.51. The van der Waals surface area contributed by atoms with Gasteiger partial charge in [-0.15, -0.1) is 0 Å². The number of benzene rings is 2. The van der Waals surface area contributed by atoms with Gasteiger partial charge in [0.05, 0.1) is 7.11 Å². The number of amides is 1. The van der Waals surface area contributed by atoms with Crippen LogP contribution in [0, 0.1) is 0 Å². The number of hydrogen-bond donors (Lipinski definition) is 2. The van der Waals surface area contributed by atoms with Crippen molar-refractivity contribution in [3.8, 4) is 5.75 Å². The molecule has 1 amide bonds. The molecule has 5 nitrogen and oxygen atoms in total. The van der Waals surface area contributed by atoms with Crippen LogP contribution in [0.15, 0.2) is 48.5 Å². The maximum Gasteiger partial charge on any atom is 0.227 e. The fourth-order valence-corrected chi connectivity index (χ4v) is 3.35. The molecule has 0 aliphatic carbocycles. The van der Waals surface area contributed by atoms with Crippen molar-refractivity contribution >= 4 is 34.6 Å². The normalized spacial score (nSPS) is 13.5. The smallest absolute Gasteiger partial charge is 0.227 e. The van der Waals surface area contributed by atoms with Crippen molar-refractivity contribution in [1.29, 1.82) is 0 Å². The Hall–Kier alpha value is -2.60. The minimum absolute atomic E-state index is 0.186. The molecule has 1 aliphatic heterocycles. The monoisotopic (exact) mass is 383 g/mol. The van der Waals surface area contributed by atoms with Crippen molar-refractivity contribution in [3.63, 3.8) is 0 Å². The van der Waals surface area contributed by atoms with E-state index in [0.717, 1.165) is 49.5 Å². The zero-order valence-corrected chi connectivity index (χ0v) is 16.3. The van der Waals surface area contributed by atoms with Crippen molar-refractivity contribution in [2.45, 2.75) is 25.7 Å². The molecule has 1 heterocycles. The van der Waals surface area contributed by atoms with Crippen molar-refractivity contribution in [3.05, 3.63) is 54.1 Å². The standard InChI is InChI=1S/C21H25N3O2S/c1-26-19-11-9-16(10-12-19)5-3-13-22-21(27)23-17-6-2-7-18(15-17)24-14-4-8-20(24)25/h2,6-7,9-12,15H,3-5,8,13-14H2,1H3,(H2,22,23,27). The average molecular weight is 384 g/mol. The highest BCUT2D eigenvalue weighted by molar-refractivity contribution is 7.80. The van der Waals surface area contributed by atoms with E-state index in [9.17, 15) is 4.79 Å². The number of thiocarbonyl (C=S) groups is 1. The Balaban J connectivity index is 1.43. The van der Waals surface area contributed by atoms with Gasteiger partial charge < -0.3 is 20.3 Å². The van der Waals surface area contributed by atoms with Gasteiger partial charge in [-0.25, -0.2) is 0 Å². The Morgan fingerprint density at radius 3 is 2.74 bits per heavy atom. The Kier molecular flexibility index (Phi) is 6.65. The Morgan fingerprint density at radius 1 is 1.22 bits per heavy atom. The van der Waals surface area contributed by atoms with E-state index < -0.39 is 0 Å². The van der Waals surface area contributed by atoms with E-state index in [-0.39, 0.29) is 5.91 Å². The van der Waals surface area contributed by atoms with E-state index in [1.807, 2.05) is 41.3 Å². The topological polar surface area (TPSA) is 53.6 Å². The van der Waals surface area contributed by atoms with Gasteiger partial charge in [0.2, 0.25) is 5.91 Å². The third-order valence-corrected chi connectivity index (χ3v) is 4.82. The van der Waals surface area contributed by atoms with Crippen molar-refractivity contribution in [2.24, 2.45) is 0 Å². The van der Waals surface area contributed by atoms with Gasteiger partial charge in [0.15, 0.2) is 5.11 Å². The highest BCUT2D eigenvalue weighted by atomic mass is 32.1. The molecule has 2 N–H and O–H groups in total. The van der Waals surface area contributed by atoms with Gasteiger partial charge in [0.25, 0.3) is 0 Å². The molecular weight excluding hydrogens is 358 g/mol. The number of ether oxygens (including phenoxy) is 1. The predicted molar refractivity (Wildman–Crippen MR) is 114 cm³/mol. The first-order valence-electron chi connectivity index (χ1n) is 9.24. The molecule has 0 radical (unpaired) electrons. The first-order chi connectivity index (χ1) is 13.2. The summed E-state index contributed by atoms with van der Waals surface area (Å²) in [5, 5.41) is 7.03. The lowest BCUT2D eigenvalue weighted by molar-refractivity contribution is -0.117. The number of carbonyl (C=O) groups excluding carboxylic acids is 1. The van der Waals surface area contributed by atoms with E-state index in [2.05, 4.69) is 22.8 Å². The Labute approximate surface area is 165 Å². The number of nitrogens with one attached hydrogen (secondary N) is 2. The van der Waals surface area contributed by atoms with Gasteiger partial charge in [-0.1, -0.05) is 18.2 Å². The second-order valence-electron chi connectivity index (χ2n) is 6.53. The number of anilines is 2. The van der Waals surface area contributed by atoms with Crippen LogP contribution in [-0.4, -0.2) is 31.2 Å². The summed E-state index contributed by atoms with van der Waals surface area (Å²) >= 11 is 5.38. The molecule has 0 spiro atoms. The van der Waals surface area contributed by atoms with Crippen LogP contribution >= 0.6 is 12.2 Å². The lowest BCUT2D eigenvalue weighted by atomic mass is 10.1. The van der Waals surface area contributed by atoms with E-state index in [0.29, 0.717) is 11.5 Å². The van der Waals surface area contributed by atoms with Crippen LogP contribution in [0.5, 0.6) is 5.75 Å². The molecule has 2 aromatic rings. The quantitative estimate of drug-likeness (QED) is 0.563. The number of aryl methyl sites for hydroxylation is 1. The maximum atomic E-state index is 11.9. The molecule has 1 aliphatic rings. The van der Waals surface area contributed by atoms with Crippen molar-refractivity contribution < 1.29 is 9.53 Å². The summed E-state index contributed by atoms with van der Waals surface area (Å²) in [7, 11) is 1.67. The van der Waals surface area contributed by atoms with E-state index in [1.165, 1.54) is 5.56 Å². The zero-order valence-electron chi connectivity index (χ0n) is 15.5. The fraction of sp³-hybridized carbons (Fsp3) is 0.333. The van der Waals surface area contributed by atoms with E-state index in [4.69, 9.17) is 17.0 Å². The lowest BCUT2D eigenvalue weighted by Gasteiger charge is -2.17. The van der Waals surface area contributed by atoms with Gasteiger partial charge in [0.1, 0.15) is 5.75 Å². The van der Waals surface area contributed by atoms with Crippen molar-refractivity contribution in [1.82, 2.24) is 5.32 Å². The summed E-state index contributed by atoms with van der Waals surface area (Å²) in [5.74, 6) is 1.06. The number of nitrogens with zero attached hydrogens (tertiary/aromatic N) is 1. The highest BCUT2D eigenvalue weighted by Gasteiger charge is 2.21. The van der Waals surface area contributed by atoms with Gasteiger partial charge in [0, 0.05) is 30.9 Å². The molecule has 3 rings (SSSR count). The molecule has 1 fully saturated rings. The van der Waals surface area contributed by atoms with Crippen molar-refractivity contribution in [2.75, 3.05) is 30.4 Å². The minimum Gasteiger partial charge on any atom is -0.497 e. The number of carbonyl (C=O) groups is 1. The molecule has 0 atom stereocenters. The summed E-state index contributed by atoms with van der Waals surface area (Å²) in [4.78, 5) is 13.7. The largest absolute Gasteiger partial charge is 0.497 e. The number of rotatable bonds is 7. The molecule has 0 bridgehead atoms. The second-order valence-corrected chi connectivity index (χ2v) is 6.94. The minimum atomic E-state index is 0.186. The van der Waals surface area contributed by atoms with Crippen LogP contribution in [0.4, 0.5) is 11.4 Å². The molecular formula is C21H25N3O2S. The first kappa shape index (κ1) is 19.2. The third kappa shape index (κ3) is 5.44. The van der Waals surface area contributed by atoms with Gasteiger partial charge >= 0.3 is 0 Å². The van der Waals surface area contributed by atoms with Crippen LogP contribution in [0.3, 0.4) is 0 Å². The molecule has 2 aromatic carbocycles. The van der Waals surface area contributed by atoms with Crippen LogP contribution in [-0.2, 0) is 11.2 Å². The number of methoxy groups -OCH3 is 1. The molecule has 142 valence electrons. The Bertz CT molecular complexity index is 792. The van der Waals surface area contributed by atoms with E-state index >= 15 is 0 Å². The Morgan fingerprint density at radius 2 is 2.04 bits per heavy atom. The maximum absolute atomic E-state index is 11.9. The number of hydrogen-bond acceptors (Lipinski definition) is 3. The van der Waals surface area contributed by atoms with Gasteiger partial charge in [-0.05, 0) is 67.4 Å². The van der Waals surface area contributed by atoms with Crippen LogP contribution in [0.1, 0.15) is 24.8 Å². The molecule has 0 saturated carbocycles. The summed E-state index contributed by atoms with van der Waals surface area (Å²) < 4.78 is 5.17. The van der Waals surface area contributed by atoms with Crippen LogP contribution in [0.2, 0.25) is 0 Å². The van der Waals surface area contributed by atoms with Crippen LogP contribution < -0.4 is 20.3 Å². The molecule has 1 saturated heterocycles. The SMILES string of the molecule is COc1ccc(CCCNC(=S)Nc2cccc(N3CCCC3=O)c2)cc1. The third-order valence-electron chi connectivity index (χ3n) is 4.58. The fourth-order valence-electron chi connectivity index (χ4n) is 3.13. The first-order valence-corrected chi connectivity index (χ1v) is 9.65. The zero-order chi connectivity index (χ0) is 19.1. The summed E-state index contributed by atoms with van der Waals surface area (Å²) in [6.45, 7) is 1.58. The lowest BCUT2D eigenvalue weighted by Crippen LogP contribution is -2.29. The van der Waals surface area contributed by atoms with Crippen LogP contribution in [0.25, 0.3) is 0 Å².